The monoisotopic (exact) mass is 291 g/mol. The number of para-hydroxylation sites is 1. The van der Waals surface area contributed by atoms with Crippen LogP contribution < -0.4 is 10.6 Å². The molecule has 0 aromatic heterocycles. The molecule has 0 unspecified atom stereocenters. The molecule has 1 rings (SSSR count). The molecule has 1 aromatic carbocycles. The molecule has 0 aliphatic carbocycles. The number of likely N-dealkylation sites (N-methyl/N-ethyl adjacent to an activating group) is 1. The Bertz CT molecular complexity index is 506. The minimum Gasteiger partial charge on any atom is -0.385 e. The van der Waals surface area contributed by atoms with Crippen LogP contribution in [0.2, 0.25) is 0 Å². The summed E-state index contributed by atoms with van der Waals surface area (Å²) in [4.78, 5) is 25.8. The lowest BCUT2D eigenvalue weighted by Gasteiger charge is -2.24. The molecule has 21 heavy (non-hydrogen) atoms. The van der Waals surface area contributed by atoms with Gasteiger partial charge in [0.2, 0.25) is 5.91 Å². The summed E-state index contributed by atoms with van der Waals surface area (Å²) < 4.78 is 0. The molecule has 0 heterocycles. The van der Waals surface area contributed by atoms with Gasteiger partial charge in [-0.3, -0.25) is 9.59 Å². The van der Waals surface area contributed by atoms with Crippen molar-refractivity contribution in [3.05, 3.63) is 29.8 Å². The largest absolute Gasteiger partial charge is 0.385 e. The summed E-state index contributed by atoms with van der Waals surface area (Å²) in [5.41, 5.74) is 1.06. The van der Waals surface area contributed by atoms with Crippen LogP contribution in [0.5, 0.6) is 0 Å². The van der Waals surface area contributed by atoms with Gasteiger partial charge in [-0.2, -0.15) is 0 Å². The summed E-state index contributed by atoms with van der Waals surface area (Å²) in [5, 5.41) is 6.00. The molecule has 5 heteroatoms. The predicted molar refractivity (Wildman–Crippen MR) is 85.5 cm³/mol. The molecular weight excluding hydrogens is 266 g/mol. The fraction of sp³-hybridized carbons (Fsp3) is 0.500. The minimum absolute atomic E-state index is 0.0383. The van der Waals surface area contributed by atoms with Gasteiger partial charge >= 0.3 is 0 Å². The smallest absolute Gasteiger partial charge is 0.256 e. The van der Waals surface area contributed by atoms with Gasteiger partial charge in [0.05, 0.1) is 12.1 Å². The van der Waals surface area contributed by atoms with E-state index in [2.05, 4.69) is 10.6 Å². The highest BCUT2D eigenvalue weighted by Crippen LogP contribution is 2.16. The second-order valence-corrected chi connectivity index (χ2v) is 6.04. The van der Waals surface area contributed by atoms with Gasteiger partial charge in [0.25, 0.3) is 5.91 Å². The number of carbonyl (C=O) groups is 2. The van der Waals surface area contributed by atoms with Crippen molar-refractivity contribution in [1.82, 2.24) is 10.2 Å². The highest BCUT2D eigenvalue weighted by atomic mass is 16.2. The lowest BCUT2D eigenvalue weighted by molar-refractivity contribution is -0.122. The van der Waals surface area contributed by atoms with E-state index in [0.717, 1.165) is 12.2 Å². The molecule has 0 radical (unpaired) electrons. The number of carbonyl (C=O) groups excluding carboxylic acids is 2. The van der Waals surface area contributed by atoms with Crippen LogP contribution >= 0.6 is 0 Å². The topological polar surface area (TPSA) is 61.4 Å². The average molecular weight is 291 g/mol. The standard InChI is InChI=1S/C16H25N3O2/c1-6-17-13-10-8-7-9-12(13)15(21)19(5)11-14(20)18-16(2,3)4/h7-10,17H,6,11H2,1-5H3,(H,18,20). The zero-order chi connectivity index (χ0) is 16.0. The number of nitrogens with zero attached hydrogens (tertiary/aromatic N) is 1. The molecule has 0 spiro atoms. The Hall–Kier alpha value is -2.04. The Morgan fingerprint density at radius 1 is 1.19 bits per heavy atom. The van der Waals surface area contributed by atoms with E-state index in [0.29, 0.717) is 5.56 Å². The van der Waals surface area contributed by atoms with Crippen molar-refractivity contribution >= 4 is 17.5 Å². The Labute approximate surface area is 126 Å². The maximum atomic E-state index is 12.4. The third-order valence-electron chi connectivity index (χ3n) is 2.77. The molecule has 2 N–H and O–H groups in total. The number of hydrogen-bond donors (Lipinski definition) is 2. The fourth-order valence-corrected chi connectivity index (χ4v) is 1.96. The van der Waals surface area contributed by atoms with Crippen LogP contribution in [0.25, 0.3) is 0 Å². The molecule has 0 aliphatic rings. The average Bonchev–Trinajstić information content (AvgIpc) is 2.36. The van der Waals surface area contributed by atoms with Crippen LogP contribution in [0.1, 0.15) is 38.1 Å². The molecule has 0 fully saturated rings. The Kier molecular flexibility index (Phi) is 5.76. The SMILES string of the molecule is CCNc1ccccc1C(=O)N(C)CC(=O)NC(C)(C)C. The molecule has 0 atom stereocenters. The fourth-order valence-electron chi connectivity index (χ4n) is 1.96. The van der Waals surface area contributed by atoms with E-state index in [4.69, 9.17) is 0 Å². The maximum Gasteiger partial charge on any atom is 0.256 e. The van der Waals surface area contributed by atoms with Crippen molar-refractivity contribution in [3.8, 4) is 0 Å². The first-order valence-electron chi connectivity index (χ1n) is 7.14. The van der Waals surface area contributed by atoms with E-state index in [9.17, 15) is 9.59 Å². The number of nitrogens with one attached hydrogen (secondary N) is 2. The first kappa shape index (κ1) is 17.0. The van der Waals surface area contributed by atoms with Gasteiger partial charge in [0.1, 0.15) is 0 Å². The Morgan fingerprint density at radius 2 is 1.81 bits per heavy atom. The first-order chi connectivity index (χ1) is 9.74. The number of anilines is 1. The molecule has 0 saturated heterocycles. The van der Waals surface area contributed by atoms with Crippen molar-refractivity contribution in [3.63, 3.8) is 0 Å². The van der Waals surface area contributed by atoms with Crippen LogP contribution in [-0.2, 0) is 4.79 Å². The summed E-state index contributed by atoms with van der Waals surface area (Å²) in [7, 11) is 1.63. The van der Waals surface area contributed by atoms with Crippen molar-refractivity contribution in [2.45, 2.75) is 33.2 Å². The molecule has 0 aliphatic heterocycles. The zero-order valence-electron chi connectivity index (χ0n) is 13.5. The lowest BCUT2D eigenvalue weighted by Crippen LogP contribution is -2.46. The van der Waals surface area contributed by atoms with E-state index in [1.54, 1.807) is 13.1 Å². The zero-order valence-corrected chi connectivity index (χ0v) is 13.5. The van der Waals surface area contributed by atoms with E-state index in [1.807, 2.05) is 45.9 Å². The van der Waals surface area contributed by atoms with Gasteiger partial charge in [-0.15, -0.1) is 0 Å². The summed E-state index contributed by atoms with van der Waals surface area (Å²) in [6.07, 6.45) is 0. The molecule has 5 nitrogen and oxygen atoms in total. The molecular formula is C16H25N3O2. The van der Waals surface area contributed by atoms with E-state index in [1.165, 1.54) is 4.90 Å². The quantitative estimate of drug-likeness (QED) is 0.873. The minimum atomic E-state index is -0.303. The van der Waals surface area contributed by atoms with Crippen LogP contribution in [-0.4, -0.2) is 42.4 Å². The summed E-state index contributed by atoms with van der Waals surface area (Å²) in [6, 6.07) is 7.32. The van der Waals surface area contributed by atoms with Gasteiger partial charge in [-0.05, 0) is 39.8 Å². The molecule has 116 valence electrons. The lowest BCUT2D eigenvalue weighted by atomic mass is 10.1. The van der Waals surface area contributed by atoms with Crippen LogP contribution in [0, 0.1) is 0 Å². The molecule has 0 saturated carbocycles. The number of rotatable bonds is 5. The van der Waals surface area contributed by atoms with Gasteiger partial charge in [0.15, 0.2) is 0 Å². The van der Waals surface area contributed by atoms with E-state index < -0.39 is 0 Å². The maximum absolute atomic E-state index is 12.4. The molecule has 2 amide bonds. The Morgan fingerprint density at radius 3 is 2.38 bits per heavy atom. The molecule has 0 bridgehead atoms. The normalized spacial score (nSPS) is 10.9. The van der Waals surface area contributed by atoms with Crippen LogP contribution in [0.15, 0.2) is 24.3 Å². The van der Waals surface area contributed by atoms with Crippen molar-refractivity contribution in [2.24, 2.45) is 0 Å². The third-order valence-corrected chi connectivity index (χ3v) is 2.77. The highest BCUT2D eigenvalue weighted by Gasteiger charge is 2.20. The number of benzene rings is 1. The second-order valence-electron chi connectivity index (χ2n) is 6.04. The number of hydrogen-bond acceptors (Lipinski definition) is 3. The van der Waals surface area contributed by atoms with Crippen molar-refractivity contribution in [1.29, 1.82) is 0 Å². The third kappa shape index (κ3) is 5.45. The van der Waals surface area contributed by atoms with Gasteiger partial charge in [-0.25, -0.2) is 0 Å². The summed E-state index contributed by atoms with van der Waals surface area (Å²) >= 11 is 0. The van der Waals surface area contributed by atoms with Crippen molar-refractivity contribution < 1.29 is 9.59 Å². The second kappa shape index (κ2) is 7.11. The van der Waals surface area contributed by atoms with Gasteiger partial charge in [0, 0.05) is 24.8 Å². The predicted octanol–water partition coefficient (Wildman–Crippen LogP) is 2.11. The highest BCUT2D eigenvalue weighted by molar-refractivity contribution is 6.01. The number of amides is 2. The summed E-state index contributed by atoms with van der Waals surface area (Å²) in [5.74, 6) is -0.338. The molecule has 1 aromatic rings. The summed E-state index contributed by atoms with van der Waals surface area (Å²) in [6.45, 7) is 8.48. The Balaban J connectivity index is 2.77. The van der Waals surface area contributed by atoms with Crippen molar-refractivity contribution in [2.75, 3.05) is 25.5 Å². The van der Waals surface area contributed by atoms with Crippen LogP contribution in [0.3, 0.4) is 0 Å². The van der Waals surface area contributed by atoms with E-state index in [-0.39, 0.29) is 23.9 Å². The first-order valence-corrected chi connectivity index (χ1v) is 7.14. The van der Waals surface area contributed by atoms with Gasteiger partial charge < -0.3 is 15.5 Å². The van der Waals surface area contributed by atoms with Gasteiger partial charge in [-0.1, -0.05) is 12.1 Å². The van der Waals surface area contributed by atoms with E-state index >= 15 is 0 Å². The van der Waals surface area contributed by atoms with Crippen LogP contribution in [0.4, 0.5) is 5.69 Å².